The number of rotatable bonds is 5. The molecule has 0 saturated heterocycles. The summed E-state index contributed by atoms with van der Waals surface area (Å²) >= 11 is 0. The zero-order valence-electron chi connectivity index (χ0n) is 14.7. The molecular formula is C21H18ClN3O2S. The molecule has 0 unspecified atom stereocenters. The zero-order valence-corrected chi connectivity index (χ0v) is 16.4. The molecule has 0 spiro atoms. The van der Waals surface area contributed by atoms with Gasteiger partial charge in [0.15, 0.2) is 0 Å². The Hall–Kier alpha value is -3.09. The van der Waals surface area contributed by atoms with E-state index in [0.717, 1.165) is 22.2 Å². The molecule has 0 fully saturated rings. The zero-order chi connectivity index (χ0) is 18.7. The second kappa shape index (κ2) is 8.29. The van der Waals surface area contributed by atoms with Crippen LogP contribution in [-0.2, 0) is 10.0 Å². The number of fused-ring (bicyclic) bond motifs is 1. The number of hydrogen-bond acceptors (Lipinski definition) is 3. The third kappa shape index (κ3) is 4.24. The van der Waals surface area contributed by atoms with E-state index in [1.165, 1.54) is 0 Å². The molecule has 0 radical (unpaired) electrons. The normalized spacial score (nSPS) is 11.4. The molecule has 0 aliphatic heterocycles. The Kier molecular flexibility index (Phi) is 5.82. The first kappa shape index (κ1) is 19.7. The Labute approximate surface area is 169 Å². The summed E-state index contributed by atoms with van der Waals surface area (Å²) in [7, 11) is -3.61. The summed E-state index contributed by atoms with van der Waals surface area (Å²) in [5, 5.41) is 8.34. The fourth-order valence-corrected chi connectivity index (χ4v) is 3.88. The average Bonchev–Trinajstić information content (AvgIpc) is 3.10. The number of anilines is 1. The lowest BCUT2D eigenvalue weighted by molar-refractivity contribution is 0.601. The van der Waals surface area contributed by atoms with Crippen molar-refractivity contribution in [3.8, 4) is 0 Å². The van der Waals surface area contributed by atoms with Crippen molar-refractivity contribution in [2.24, 2.45) is 0 Å². The highest BCUT2D eigenvalue weighted by Crippen LogP contribution is 2.20. The van der Waals surface area contributed by atoms with Crippen LogP contribution >= 0.6 is 12.4 Å². The van der Waals surface area contributed by atoms with Crippen molar-refractivity contribution in [2.75, 3.05) is 4.72 Å². The quantitative estimate of drug-likeness (QED) is 0.487. The van der Waals surface area contributed by atoms with Crippen LogP contribution in [0.4, 0.5) is 5.69 Å². The third-order valence-electron chi connectivity index (χ3n) is 4.13. The van der Waals surface area contributed by atoms with E-state index in [1.54, 1.807) is 42.5 Å². The van der Waals surface area contributed by atoms with Crippen LogP contribution in [0.15, 0.2) is 83.8 Å². The molecule has 0 amide bonds. The van der Waals surface area contributed by atoms with E-state index in [-0.39, 0.29) is 17.3 Å². The number of para-hydroxylation sites is 1. The van der Waals surface area contributed by atoms with Crippen molar-refractivity contribution in [3.05, 3.63) is 90.1 Å². The van der Waals surface area contributed by atoms with Crippen LogP contribution in [0, 0.1) is 0 Å². The molecule has 28 heavy (non-hydrogen) atoms. The predicted octanol–water partition coefficient (Wildman–Crippen LogP) is 4.96. The van der Waals surface area contributed by atoms with Gasteiger partial charge in [-0.1, -0.05) is 54.6 Å². The fraction of sp³-hybridized carbons (Fsp3) is 0. The second-order valence-electron chi connectivity index (χ2n) is 6.03. The summed E-state index contributed by atoms with van der Waals surface area (Å²) in [4.78, 5) is 0.230. The first-order valence-corrected chi connectivity index (χ1v) is 9.89. The number of nitrogens with one attached hydrogen (secondary N) is 2. The highest BCUT2D eigenvalue weighted by Gasteiger charge is 2.13. The maximum Gasteiger partial charge on any atom is 0.261 e. The number of aromatic nitrogens is 2. The summed E-state index contributed by atoms with van der Waals surface area (Å²) < 4.78 is 27.5. The molecule has 4 rings (SSSR count). The Bertz CT molecular complexity index is 1220. The molecule has 7 heteroatoms. The first-order chi connectivity index (χ1) is 13.1. The highest BCUT2D eigenvalue weighted by atomic mass is 35.5. The van der Waals surface area contributed by atoms with Crippen LogP contribution in [0.5, 0.6) is 0 Å². The molecule has 142 valence electrons. The van der Waals surface area contributed by atoms with Crippen molar-refractivity contribution in [1.29, 1.82) is 0 Å². The monoisotopic (exact) mass is 411 g/mol. The van der Waals surface area contributed by atoms with Crippen LogP contribution in [0.2, 0.25) is 0 Å². The maximum atomic E-state index is 12.5. The molecule has 0 bridgehead atoms. The van der Waals surface area contributed by atoms with E-state index >= 15 is 0 Å². The van der Waals surface area contributed by atoms with E-state index in [9.17, 15) is 8.42 Å². The lowest BCUT2D eigenvalue weighted by Gasteiger charge is -2.08. The molecule has 0 aliphatic carbocycles. The number of halogens is 1. The average molecular weight is 412 g/mol. The Morgan fingerprint density at radius 2 is 1.61 bits per heavy atom. The molecule has 3 aromatic carbocycles. The molecule has 0 aliphatic rings. The number of H-pyrrole nitrogens is 1. The van der Waals surface area contributed by atoms with Crippen LogP contribution < -0.4 is 4.72 Å². The molecule has 5 nitrogen and oxygen atoms in total. The lowest BCUT2D eigenvalue weighted by atomic mass is 10.1. The summed E-state index contributed by atoms with van der Waals surface area (Å²) in [5.41, 5.74) is 3.19. The molecule has 4 aromatic rings. The van der Waals surface area contributed by atoms with Crippen molar-refractivity contribution >= 4 is 51.2 Å². The largest absolute Gasteiger partial charge is 0.280 e. The van der Waals surface area contributed by atoms with Crippen LogP contribution in [0.1, 0.15) is 11.3 Å². The van der Waals surface area contributed by atoms with Gasteiger partial charge < -0.3 is 0 Å². The summed E-state index contributed by atoms with van der Waals surface area (Å²) in [5.74, 6) is 0. The fourth-order valence-electron chi connectivity index (χ4n) is 2.81. The van der Waals surface area contributed by atoms with Gasteiger partial charge in [-0.05, 0) is 42.0 Å². The van der Waals surface area contributed by atoms with Gasteiger partial charge in [0, 0.05) is 11.1 Å². The number of hydrogen-bond donors (Lipinski definition) is 2. The van der Waals surface area contributed by atoms with Crippen LogP contribution in [0.3, 0.4) is 0 Å². The van der Waals surface area contributed by atoms with Gasteiger partial charge in [0.25, 0.3) is 10.0 Å². The standard InChI is InChI=1S/C21H17N3O2S.ClH/c25-27(26,18-9-2-1-3-10-18)24-17-8-6-7-16(15-17)13-14-21-19-11-4-5-12-20(19)22-23-21;/h1-15,24H,(H,22,23);1H/b14-13+;. The minimum Gasteiger partial charge on any atom is -0.280 e. The van der Waals surface area contributed by atoms with Gasteiger partial charge in [-0.3, -0.25) is 9.82 Å². The summed E-state index contributed by atoms with van der Waals surface area (Å²) in [6.07, 6.45) is 3.81. The molecule has 0 atom stereocenters. The minimum absolute atomic E-state index is 0. The maximum absolute atomic E-state index is 12.5. The Morgan fingerprint density at radius 3 is 2.43 bits per heavy atom. The van der Waals surface area contributed by atoms with Gasteiger partial charge in [-0.2, -0.15) is 5.10 Å². The summed E-state index contributed by atoms with van der Waals surface area (Å²) in [6, 6.07) is 23.4. The van der Waals surface area contributed by atoms with Gasteiger partial charge in [-0.25, -0.2) is 8.42 Å². The minimum atomic E-state index is -3.61. The number of benzene rings is 3. The lowest BCUT2D eigenvalue weighted by Crippen LogP contribution is -2.12. The van der Waals surface area contributed by atoms with Gasteiger partial charge in [0.1, 0.15) is 0 Å². The van der Waals surface area contributed by atoms with Crippen molar-refractivity contribution in [1.82, 2.24) is 10.2 Å². The molecular weight excluding hydrogens is 394 g/mol. The van der Waals surface area contributed by atoms with Crippen molar-refractivity contribution < 1.29 is 8.42 Å². The number of sulfonamides is 1. The van der Waals surface area contributed by atoms with E-state index in [1.807, 2.05) is 48.6 Å². The number of nitrogens with zero attached hydrogens (tertiary/aromatic N) is 1. The smallest absolute Gasteiger partial charge is 0.261 e. The van der Waals surface area contributed by atoms with E-state index in [4.69, 9.17) is 0 Å². The van der Waals surface area contributed by atoms with E-state index in [2.05, 4.69) is 14.9 Å². The number of aromatic amines is 1. The Balaban J connectivity index is 0.00000225. The van der Waals surface area contributed by atoms with Gasteiger partial charge >= 0.3 is 0 Å². The van der Waals surface area contributed by atoms with Gasteiger partial charge in [0.05, 0.1) is 16.1 Å². The predicted molar refractivity (Wildman–Crippen MR) is 116 cm³/mol. The topological polar surface area (TPSA) is 74.8 Å². The first-order valence-electron chi connectivity index (χ1n) is 8.41. The summed E-state index contributed by atoms with van der Waals surface area (Å²) in [6.45, 7) is 0. The van der Waals surface area contributed by atoms with Crippen molar-refractivity contribution in [2.45, 2.75) is 4.90 Å². The second-order valence-corrected chi connectivity index (χ2v) is 7.71. The molecule has 1 aromatic heterocycles. The van der Waals surface area contributed by atoms with Crippen LogP contribution in [0.25, 0.3) is 23.1 Å². The third-order valence-corrected chi connectivity index (χ3v) is 5.52. The molecule has 2 N–H and O–H groups in total. The molecule has 0 saturated carbocycles. The highest BCUT2D eigenvalue weighted by molar-refractivity contribution is 7.92. The van der Waals surface area contributed by atoms with Crippen LogP contribution in [-0.4, -0.2) is 18.6 Å². The molecule has 1 heterocycles. The SMILES string of the molecule is Cl.O=S(=O)(Nc1cccc(/C=C/c2n[nH]c3ccccc23)c1)c1ccccc1. The van der Waals surface area contributed by atoms with Gasteiger partial charge in [0.2, 0.25) is 0 Å². The Morgan fingerprint density at radius 1 is 0.857 bits per heavy atom. The van der Waals surface area contributed by atoms with E-state index in [0.29, 0.717) is 5.69 Å². The van der Waals surface area contributed by atoms with E-state index < -0.39 is 10.0 Å². The van der Waals surface area contributed by atoms with Gasteiger partial charge in [-0.15, -0.1) is 12.4 Å². The van der Waals surface area contributed by atoms with Crippen molar-refractivity contribution in [3.63, 3.8) is 0 Å².